The van der Waals surface area contributed by atoms with Gasteiger partial charge in [0.2, 0.25) is 15.9 Å². The molecule has 1 N–H and O–H groups in total. The van der Waals surface area contributed by atoms with Crippen LogP contribution in [0.25, 0.3) is 0 Å². The first-order valence-corrected chi connectivity index (χ1v) is 11.0. The number of rotatable bonds is 8. The molecule has 0 bridgehead atoms. The van der Waals surface area contributed by atoms with E-state index in [0.717, 1.165) is 17.4 Å². The number of nitrogens with one attached hydrogen (secondary N) is 1. The van der Waals surface area contributed by atoms with Crippen molar-refractivity contribution in [2.45, 2.75) is 32.7 Å². The standard InChI is InChI=1S/C20H25ClN2O3S/c1-4-19(20(24)22-14-13-16-7-9-17(21)10-8-16)23(27(3,25)26)18-11-5-15(2)6-12-18/h5-12,19H,4,13-14H2,1-3H3,(H,22,24). The van der Waals surface area contributed by atoms with Gasteiger partial charge in [0.25, 0.3) is 0 Å². The van der Waals surface area contributed by atoms with Gasteiger partial charge in [-0.1, -0.05) is 48.4 Å². The third kappa shape index (κ3) is 5.97. The van der Waals surface area contributed by atoms with Crippen molar-refractivity contribution in [3.8, 4) is 0 Å². The Morgan fingerprint density at radius 1 is 1.11 bits per heavy atom. The van der Waals surface area contributed by atoms with E-state index < -0.39 is 16.1 Å². The Hall–Kier alpha value is -2.05. The van der Waals surface area contributed by atoms with E-state index in [2.05, 4.69) is 5.32 Å². The van der Waals surface area contributed by atoms with Gasteiger partial charge in [-0.25, -0.2) is 8.42 Å². The van der Waals surface area contributed by atoms with Crippen LogP contribution in [0.1, 0.15) is 24.5 Å². The van der Waals surface area contributed by atoms with Crippen molar-refractivity contribution in [3.05, 3.63) is 64.7 Å². The fraction of sp³-hybridized carbons (Fsp3) is 0.350. The van der Waals surface area contributed by atoms with E-state index in [4.69, 9.17) is 11.6 Å². The number of nitrogens with zero attached hydrogens (tertiary/aromatic N) is 1. The molecule has 1 unspecified atom stereocenters. The topological polar surface area (TPSA) is 66.5 Å². The summed E-state index contributed by atoms with van der Waals surface area (Å²) in [5.41, 5.74) is 2.56. The molecule has 0 saturated heterocycles. The van der Waals surface area contributed by atoms with Gasteiger partial charge in [0.15, 0.2) is 0 Å². The first-order chi connectivity index (χ1) is 12.7. The van der Waals surface area contributed by atoms with E-state index in [1.165, 1.54) is 4.31 Å². The van der Waals surface area contributed by atoms with Crippen LogP contribution < -0.4 is 9.62 Å². The summed E-state index contributed by atoms with van der Waals surface area (Å²) >= 11 is 5.87. The van der Waals surface area contributed by atoms with E-state index in [1.807, 2.05) is 31.2 Å². The molecule has 0 aromatic heterocycles. The number of hydrogen-bond donors (Lipinski definition) is 1. The number of carbonyl (C=O) groups excluding carboxylic acids is 1. The van der Waals surface area contributed by atoms with Gasteiger partial charge < -0.3 is 5.32 Å². The minimum Gasteiger partial charge on any atom is -0.354 e. The first kappa shape index (κ1) is 21.3. The summed E-state index contributed by atoms with van der Waals surface area (Å²) in [6.07, 6.45) is 2.13. The molecule has 5 nitrogen and oxygen atoms in total. The number of anilines is 1. The zero-order valence-corrected chi connectivity index (χ0v) is 17.3. The Morgan fingerprint density at radius 2 is 1.70 bits per heavy atom. The van der Waals surface area contributed by atoms with Gasteiger partial charge in [0.05, 0.1) is 11.9 Å². The van der Waals surface area contributed by atoms with E-state index in [1.54, 1.807) is 31.2 Å². The minimum atomic E-state index is -3.61. The Balaban J connectivity index is 2.11. The van der Waals surface area contributed by atoms with Crippen LogP contribution in [0.3, 0.4) is 0 Å². The van der Waals surface area contributed by atoms with Gasteiger partial charge in [0, 0.05) is 11.6 Å². The van der Waals surface area contributed by atoms with E-state index in [-0.39, 0.29) is 5.91 Å². The maximum absolute atomic E-state index is 12.7. The molecule has 0 aliphatic rings. The average Bonchev–Trinajstić information content (AvgIpc) is 2.61. The van der Waals surface area contributed by atoms with Crippen molar-refractivity contribution < 1.29 is 13.2 Å². The Kier molecular flexibility index (Phi) is 7.27. The number of carbonyl (C=O) groups is 1. The highest BCUT2D eigenvalue weighted by Crippen LogP contribution is 2.23. The molecule has 27 heavy (non-hydrogen) atoms. The molecular weight excluding hydrogens is 384 g/mol. The summed E-state index contributed by atoms with van der Waals surface area (Å²) in [6.45, 7) is 4.15. The lowest BCUT2D eigenvalue weighted by molar-refractivity contribution is -0.122. The molecule has 0 spiro atoms. The summed E-state index contributed by atoms with van der Waals surface area (Å²) in [7, 11) is -3.61. The van der Waals surface area contributed by atoms with Crippen molar-refractivity contribution in [3.63, 3.8) is 0 Å². The lowest BCUT2D eigenvalue weighted by Gasteiger charge is -2.30. The van der Waals surface area contributed by atoms with Crippen LogP contribution >= 0.6 is 11.6 Å². The van der Waals surface area contributed by atoms with Crippen molar-refractivity contribution in [1.82, 2.24) is 5.32 Å². The molecule has 1 atom stereocenters. The molecule has 0 heterocycles. The molecule has 0 aliphatic heterocycles. The highest BCUT2D eigenvalue weighted by molar-refractivity contribution is 7.92. The van der Waals surface area contributed by atoms with Crippen molar-refractivity contribution in [2.24, 2.45) is 0 Å². The van der Waals surface area contributed by atoms with Crippen molar-refractivity contribution in [1.29, 1.82) is 0 Å². The molecule has 0 radical (unpaired) electrons. The number of amides is 1. The largest absolute Gasteiger partial charge is 0.354 e. The van der Waals surface area contributed by atoms with Gasteiger partial charge in [-0.3, -0.25) is 9.10 Å². The maximum atomic E-state index is 12.7. The van der Waals surface area contributed by atoms with Crippen LogP contribution in [0.5, 0.6) is 0 Å². The second-order valence-electron chi connectivity index (χ2n) is 6.49. The zero-order chi connectivity index (χ0) is 20.0. The molecular formula is C20H25ClN2O3S. The molecule has 0 aliphatic carbocycles. The van der Waals surface area contributed by atoms with Crippen LogP contribution in [-0.4, -0.2) is 33.2 Å². The second kappa shape index (κ2) is 9.24. The van der Waals surface area contributed by atoms with Crippen LogP contribution in [0, 0.1) is 6.92 Å². The predicted molar refractivity (Wildman–Crippen MR) is 111 cm³/mol. The normalized spacial score (nSPS) is 12.4. The molecule has 2 aromatic carbocycles. The molecule has 146 valence electrons. The molecule has 2 rings (SSSR count). The molecule has 7 heteroatoms. The third-order valence-corrected chi connectivity index (χ3v) is 5.68. The van der Waals surface area contributed by atoms with Crippen LogP contribution in [0.4, 0.5) is 5.69 Å². The Bertz CT molecular complexity index is 865. The van der Waals surface area contributed by atoms with Gasteiger partial charge in [0.1, 0.15) is 6.04 Å². The monoisotopic (exact) mass is 408 g/mol. The zero-order valence-electron chi connectivity index (χ0n) is 15.8. The smallest absolute Gasteiger partial charge is 0.243 e. The first-order valence-electron chi connectivity index (χ1n) is 8.80. The summed E-state index contributed by atoms with van der Waals surface area (Å²) in [4.78, 5) is 12.7. The average molecular weight is 409 g/mol. The minimum absolute atomic E-state index is 0.308. The van der Waals surface area contributed by atoms with E-state index in [0.29, 0.717) is 30.1 Å². The Morgan fingerprint density at radius 3 is 2.22 bits per heavy atom. The maximum Gasteiger partial charge on any atom is 0.243 e. The number of benzene rings is 2. The summed E-state index contributed by atoms with van der Waals surface area (Å²) in [5, 5.41) is 3.52. The van der Waals surface area contributed by atoms with Crippen LogP contribution in [-0.2, 0) is 21.2 Å². The highest BCUT2D eigenvalue weighted by atomic mass is 35.5. The lowest BCUT2D eigenvalue weighted by atomic mass is 10.1. The van der Waals surface area contributed by atoms with Crippen molar-refractivity contribution in [2.75, 3.05) is 17.1 Å². The number of hydrogen-bond acceptors (Lipinski definition) is 3. The number of halogens is 1. The van der Waals surface area contributed by atoms with Crippen LogP contribution in [0.2, 0.25) is 5.02 Å². The quantitative estimate of drug-likeness (QED) is 0.726. The second-order valence-corrected chi connectivity index (χ2v) is 8.78. The summed E-state index contributed by atoms with van der Waals surface area (Å²) in [6, 6.07) is 13.7. The molecule has 1 amide bonds. The number of aryl methyl sites for hydroxylation is 1. The van der Waals surface area contributed by atoms with Gasteiger partial charge in [-0.15, -0.1) is 0 Å². The molecule has 0 fully saturated rings. The lowest BCUT2D eigenvalue weighted by Crippen LogP contribution is -2.49. The van der Waals surface area contributed by atoms with Crippen molar-refractivity contribution >= 4 is 33.2 Å². The van der Waals surface area contributed by atoms with Gasteiger partial charge in [-0.2, -0.15) is 0 Å². The van der Waals surface area contributed by atoms with Gasteiger partial charge in [-0.05, 0) is 49.6 Å². The third-order valence-electron chi connectivity index (χ3n) is 4.24. The molecule has 0 saturated carbocycles. The van der Waals surface area contributed by atoms with Gasteiger partial charge >= 0.3 is 0 Å². The predicted octanol–water partition coefficient (Wildman–Crippen LogP) is 3.55. The Labute approximate surface area is 166 Å². The fourth-order valence-electron chi connectivity index (χ4n) is 2.85. The van der Waals surface area contributed by atoms with Crippen LogP contribution in [0.15, 0.2) is 48.5 Å². The summed E-state index contributed by atoms with van der Waals surface area (Å²) < 4.78 is 26.0. The fourth-order valence-corrected chi connectivity index (χ4v) is 4.19. The molecule has 2 aromatic rings. The number of sulfonamides is 1. The summed E-state index contributed by atoms with van der Waals surface area (Å²) in [5.74, 6) is -0.308. The van der Waals surface area contributed by atoms with E-state index in [9.17, 15) is 13.2 Å². The highest BCUT2D eigenvalue weighted by Gasteiger charge is 2.31. The van der Waals surface area contributed by atoms with E-state index >= 15 is 0 Å². The SMILES string of the molecule is CCC(C(=O)NCCc1ccc(Cl)cc1)N(c1ccc(C)cc1)S(C)(=O)=O.